The summed E-state index contributed by atoms with van der Waals surface area (Å²) in [6.07, 6.45) is 3.38. The van der Waals surface area contributed by atoms with Gasteiger partial charge in [0.25, 0.3) is 0 Å². The van der Waals surface area contributed by atoms with Crippen LogP contribution in [0.15, 0.2) is 35.2 Å². The smallest absolute Gasteiger partial charge is 0.126 e. The van der Waals surface area contributed by atoms with Gasteiger partial charge in [-0.25, -0.2) is 10.5 Å². The summed E-state index contributed by atoms with van der Waals surface area (Å²) in [7, 11) is 0. The molecule has 3 N–H and O–H groups in total. The Kier molecular flexibility index (Phi) is 5.42. The van der Waals surface area contributed by atoms with Crippen LogP contribution in [0.5, 0.6) is 0 Å². The Hall–Kier alpha value is -2.68. The molecule has 0 atom stereocenters. The van der Waals surface area contributed by atoms with Crippen LogP contribution in [0.1, 0.15) is 31.1 Å². The molecule has 104 valence electrons. The number of imidazole rings is 1. The van der Waals surface area contributed by atoms with Crippen LogP contribution in [-0.4, -0.2) is 9.97 Å². The van der Waals surface area contributed by atoms with E-state index in [-0.39, 0.29) is 0 Å². The highest BCUT2D eigenvalue weighted by atomic mass is 15.0. The van der Waals surface area contributed by atoms with Crippen molar-refractivity contribution in [3.63, 3.8) is 0 Å². The summed E-state index contributed by atoms with van der Waals surface area (Å²) in [5, 5.41) is 15.0. The van der Waals surface area contributed by atoms with E-state index in [0.717, 1.165) is 22.8 Å². The van der Waals surface area contributed by atoms with E-state index in [4.69, 9.17) is 10.8 Å². The Bertz CT molecular complexity index is 612. The van der Waals surface area contributed by atoms with E-state index in [2.05, 4.69) is 27.0 Å². The first-order valence-electron chi connectivity index (χ1n) is 6.08. The van der Waals surface area contributed by atoms with Gasteiger partial charge in [-0.1, -0.05) is 6.58 Å². The molecule has 0 fully saturated rings. The predicted molar refractivity (Wildman–Crippen MR) is 77.5 cm³/mol. The molecular weight excluding hydrogens is 252 g/mol. The van der Waals surface area contributed by atoms with Crippen LogP contribution in [0, 0.1) is 23.8 Å². The highest BCUT2D eigenvalue weighted by Gasteiger charge is 2.07. The van der Waals surface area contributed by atoms with Gasteiger partial charge in [0.05, 0.1) is 29.7 Å². The van der Waals surface area contributed by atoms with Crippen molar-refractivity contribution >= 4 is 5.57 Å². The predicted octanol–water partition coefficient (Wildman–Crippen LogP) is 3.18. The lowest BCUT2D eigenvalue weighted by Gasteiger charge is -1.99. The minimum atomic E-state index is 0.409. The number of aryl methyl sites for hydroxylation is 1. The molecule has 0 saturated carbocycles. The first-order chi connectivity index (χ1) is 9.47. The van der Waals surface area contributed by atoms with E-state index in [0.29, 0.717) is 17.8 Å². The van der Waals surface area contributed by atoms with Crippen LogP contribution >= 0.6 is 0 Å². The molecule has 1 aromatic heterocycles. The van der Waals surface area contributed by atoms with Crippen molar-refractivity contribution in [3.8, 4) is 6.07 Å². The Morgan fingerprint density at radius 1 is 1.60 bits per heavy atom. The van der Waals surface area contributed by atoms with Gasteiger partial charge in [0.1, 0.15) is 5.82 Å². The van der Waals surface area contributed by atoms with Crippen molar-refractivity contribution in [1.29, 1.82) is 10.8 Å². The number of nitriles is 1. The number of hydrogen-bond donors (Lipinski definition) is 3. The summed E-state index contributed by atoms with van der Waals surface area (Å²) in [6.45, 7) is 9.69. The summed E-state index contributed by atoms with van der Waals surface area (Å²) in [5.41, 5.74) is 10.5. The second-order valence-corrected chi connectivity index (χ2v) is 4.39. The first kappa shape index (κ1) is 15.4. The number of nitrogens with zero attached hydrogens (tertiary/aromatic N) is 3. The van der Waals surface area contributed by atoms with Crippen molar-refractivity contribution in [2.24, 2.45) is 5.11 Å². The maximum absolute atomic E-state index is 8.74. The van der Waals surface area contributed by atoms with Gasteiger partial charge in [-0.3, -0.25) is 0 Å². The molecule has 20 heavy (non-hydrogen) atoms. The maximum atomic E-state index is 8.74. The fraction of sp³-hybridized carbons (Fsp3) is 0.286. The molecule has 0 aromatic carbocycles. The quantitative estimate of drug-likeness (QED) is 0.420. The van der Waals surface area contributed by atoms with E-state index in [1.807, 2.05) is 19.9 Å². The number of nitrogens with one attached hydrogen (secondary N) is 3. The van der Waals surface area contributed by atoms with Gasteiger partial charge < -0.3 is 10.3 Å². The van der Waals surface area contributed by atoms with Crippen molar-refractivity contribution in [3.05, 3.63) is 47.3 Å². The first-order valence-corrected chi connectivity index (χ1v) is 6.08. The molecule has 1 heterocycles. The summed E-state index contributed by atoms with van der Waals surface area (Å²) < 4.78 is 0. The molecule has 6 heteroatoms. The third-order valence-corrected chi connectivity index (χ3v) is 2.62. The number of allylic oxidation sites excluding steroid dienone is 4. The van der Waals surface area contributed by atoms with Gasteiger partial charge in [0.2, 0.25) is 0 Å². The molecule has 0 saturated heterocycles. The molecule has 0 unspecified atom stereocenters. The molecule has 0 aliphatic heterocycles. The zero-order valence-electron chi connectivity index (χ0n) is 11.9. The van der Waals surface area contributed by atoms with Crippen LogP contribution < -0.4 is 5.32 Å². The SMILES string of the molecule is C=C(C#N)/C=C(\C)c1[nH]c(CN/C=C(/C)N=N)nc1C. The molecular formula is C14H18N6. The van der Waals surface area contributed by atoms with E-state index in [1.165, 1.54) is 0 Å². The molecule has 0 amide bonds. The third kappa shape index (κ3) is 4.21. The van der Waals surface area contributed by atoms with Crippen LogP contribution in [0.2, 0.25) is 0 Å². The van der Waals surface area contributed by atoms with Crippen LogP contribution in [0.3, 0.4) is 0 Å². The third-order valence-electron chi connectivity index (χ3n) is 2.62. The Morgan fingerprint density at radius 2 is 2.30 bits per heavy atom. The average molecular weight is 270 g/mol. The Labute approximate surface area is 118 Å². The molecule has 0 radical (unpaired) electrons. The Balaban J connectivity index is 2.83. The van der Waals surface area contributed by atoms with Gasteiger partial charge in [0.15, 0.2) is 0 Å². The number of aromatic amines is 1. The van der Waals surface area contributed by atoms with Crippen molar-refractivity contribution in [2.45, 2.75) is 27.3 Å². The van der Waals surface area contributed by atoms with Crippen molar-refractivity contribution < 1.29 is 0 Å². The molecule has 0 spiro atoms. The zero-order valence-corrected chi connectivity index (χ0v) is 11.9. The molecule has 0 aliphatic rings. The summed E-state index contributed by atoms with van der Waals surface area (Å²) in [4.78, 5) is 7.61. The van der Waals surface area contributed by atoms with Gasteiger partial charge in [-0.05, 0) is 32.4 Å². The maximum Gasteiger partial charge on any atom is 0.126 e. The molecule has 0 aliphatic carbocycles. The van der Waals surface area contributed by atoms with E-state index in [9.17, 15) is 0 Å². The molecule has 6 nitrogen and oxygen atoms in total. The van der Waals surface area contributed by atoms with E-state index in [1.54, 1.807) is 19.2 Å². The number of hydrogen-bond acceptors (Lipinski definition) is 5. The van der Waals surface area contributed by atoms with Gasteiger partial charge in [-0.2, -0.15) is 10.4 Å². The Morgan fingerprint density at radius 3 is 2.90 bits per heavy atom. The lowest BCUT2D eigenvalue weighted by atomic mass is 10.1. The molecule has 0 bridgehead atoms. The standard InChI is InChI=1S/C14H18N6/c1-9(6-15)5-10(2)14-12(4)18-13(19-14)8-17-7-11(3)20-16/h5,7,16-17H,1,8H2,2-4H3,(H,18,19)/b10-5+,11-7-,20-16?. The van der Waals surface area contributed by atoms with Gasteiger partial charge in [0, 0.05) is 11.8 Å². The normalized spacial score (nSPS) is 11.9. The highest BCUT2D eigenvalue weighted by molar-refractivity contribution is 5.66. The van der Waals surface area contributed by atoms with E-state index >= 15 is 0 Å². The van der Waals surface area contributed by atoms with Crippen molar-refractivity contribution in [1.82, 2.24) is 15.3 Å². The average Bonchev–Trinajstić information content (AvgIpc) is 2.79. The largest absolute Gasteiger partial charge is 0.382 e. The lowest BCUT2D eigenvalue weighted by Crippen LogP contribution is -2.06. The van der Waals surface area contributed by atoms with Crippen molar-refractivity contribution in [2.75, 3.05) is 0 Å². The number of rotatable bonds is 6. The summed E-state index contributed by atoms with van der Waals surface area (Å²) >= 11 is 0. The molecule has 1 aromatic rings. The minimum absolute atomic E-state index is 0.409. The van der Waals surface area contributed by atoms with Gasteiger partial charge >= 0.3 is 0 Å². The highest BCUT2D eigenvalue weighted by Crippen LogP contribution is 2.17. The zero-order chi connectivity index (χ0) is 15.1. The van der Waals surface area contributed by atoms with Crippen LogP contribution in [0.4, 0.5) is 0 Å². The van der Waals surface area contributed by atoms with Gasteiger partial charge in [-0.15, -0.1) is 0 Å². The second kappa shape index (κ2) is 7.04. The summed E-state index contributed by atoms with van der Waals surface area (Å²) in [6, 6.07) is 1.99. The summed E-state index contributed by atoms with van der Waals surface area (Å²) in [5.74, 6) is 0.779. The lowest BCUT2D eigenvalue weighted by molar-refractivity contribution is 0.798. The fourth-order valence-electron chi connectivity index (χ4n) is 1.68. The second-order valence-electron chi connectivity index (χ2n) is 4.39. The topological polar surface area (TPSA) is 101 Å². The van der Waals surface area contributed by atoms with Crippen LogP contribution in [0.25, 0.3) is 5.57 Å². The number of aromatic nitrogens is 2. The van der Waals surface area contributed by atoms with Crippen LogP contribution in [-0.2, 0) is 6.54 Å². The minimum Gasteiger partial charge on any atom is -0.382 e. The van der Waals surface area contributed by atoms with E-state index < -0.39 is 0 Å². The number of H-pyrrole nitrogens is 1. The fourth-order valence-corrected chi connectivity index (χ4v) is 1.68. The molecule has 1 rings (SSSR count). The monoisotopic (exact) mass is 270 g/mol.